The monoisotopic (exact) mass is 442 g/mol. The fourth-order valence-electron chi connectivity index (χ4n) is 3.70. The van der Waals surface area contributed by atoms with E-state index in [4.69, 9.17) is 0 Å². The van der Waals surface area contributed by atoms with Gasteiger partial charge in [-0.25, -0.2) is 4.98 Å². The molecule has 0 saturated carbocycles. The highest BCUT2D eigenvalue weighted by Crippen LogP contribution is 2.19. The molecule has 0 bridgehead atoms. The summed E-state index contributed by atoms with van der Waals surface area (Å²) in [6.45, 7) is 6.00. The van der Waals surface area contributed by atoms with E-state index >= 15 is 0 Å². The van der Waals surface area contributed by atoms with Crippen LogP contribution in [0.3, 0.4) is 0 Å². The molecule has 1 unspecified atom stereocenters. The number of pyridine rings is 1. The molecule has 1 atom stereocenters. The summed E-state index contributed by atoms with van der Waals surface area (Å²) in [6, 6.07) is 16.2. The second-order valence-electron chi connectivity index (χ2n) is 7.99. The lowest BCUT2D eigenvalue weighted by Gasteiger charge is -2.19. The molecule has 33 heavy (non-hydrogen) atoms. The Morgan fingerprint density at radius 1 is 1.09 bits per heavy atom. The second-order valence-corrected chi connectivity index (χ2v) is 7.99. The van der Waals surface area contributed by atoms with Crippen molar-refractivity contribution >= 4 is 5.91 Å². The molecular formula is C25H26N6O2. The van der Waals surface area contributed by atoms with Gasteiger partial charge in [-0.05, 0) is 44.0 Å². The molecule has 3 heterocycles. The number of rotatable bonds is 7. The fraction of sp³-hybridized carbons (Fsp3) is 0.240. The Bertz CT molecular complexity index is 1310. The van der Waals surface area contributed by atoms with Crippen molar-refractivity contribution in [3.05, 3.63) is 99.4 Å². The molecule has 8 heteroatoms. The van der Waals surface area contributed by atoms with E-state index in [1.807, 2.05) is 57.2 Å². The zero-order chi connectivity index (χ0) is 23.4. The molecule has 0 aliphatic rings. The summed E-state index contributed by atoms with van der Waals surface area (Å²) in [6.07, 6.45) is 2.01. The molecule has 1 aromatic carbocycles. The zero-order valence-electron chi connectivity index (χ0n) is 18.9. The summed E-state index contributed by atoms with van der Waals surface area (Å²) < 4.78 is 1.71. The minimum Gasteiger partial charge on any atom is -0.347 e. The number of carbonyl (C=O) groups is 1. The number of hydrogen-bond acceptors (Lipinski definition) is 5. The zero-order valence-corrected chi connectivity index (χ0v) is 18.9. The lowest BCUT2D eigenvalue weighted by molar-refractivity contribution is -0.122. The van der Waals surface area contributed by atoms with Gasteiger partial charge in [0.25, 0.3) is 5.56 Å². The average molecular weight is 443 g/mol. The van der Waals surface area contributed by atoms with Crippen LogP contribution in [0.5, 0.6) is 0 Å². The van der Waals surface area contributed by atoms with Gasteiger partial charge in [-0.15, -0.1) is 0 Å². The van der Waals surface area contributed by atoms with Crippen molar-refractivity contribution in [3.8, 4) is 11.5 Å². The van der Waals surface area contributed by atoms with Crippen LogP contribution in [-0.2, 0) is 17.8 Å². The van der Waals surface area contributed by atoms with Gasteiger partial charge in [0.15, 0.2) is 5.82 Å². The van der Waals surface area contributed by atoms with Crippen molar-refractivity contribution < 1.29 is 4.79 Å². The first-order valence-electron chi connectivity index (χ1n) is 10.8. The lowest BCUT2D eigenvalue weighted by Crippen LogP contribution is -2.33. The number of nitrogens with zero attached hydrogens (tertiary/aromatic N) is 4. The number of carbonyl (C=O) groups excluding carboxylic acids is 1. The Balaban J connectivity index is 1.59. The summed E-state index contributed by atoms with van der Waals surface area (Å²) in [7, 11) is 0. The van der Waals surface area contributed by atoms with Crippen molar-refractivity contribution in [2.75, 3.05) is 0 Å². The average Bonchev–Trinajstić information content (AvgIpc) is 3.05. The number of hydrogen-bond donors (Lipinski definition) is 2. The fourth-order valence-corrected chi connectivity index (χ4v) is 3.70. The summed E-state index contributed by atoms with van der Waals surface area (Å²) in [4.78, 5) is 36.9. The molecule has 1 amide bonds. The molecule has 0 saturated heterocycles. The molecule has 4 rings (SSSR count). The first kappa shape index (κ1) is 22.1. The van der Waals surface area contributed by atoms with E-state index in [0.717, 1.165) is 22.5 Å². The van der Waals surface area contributed by atoms with Gasteiger partial charge in [-0.1, -0.05) is 36.4 Å². The van der Waals surface area contributed by atoms with Gasteiger partial charge >= 0.3 is 0 Å². The lowest BCUT2D eigenvalue weighted by atomic mass is 10.0. The Morgan fingerprint density at radius 2 is 1.85 bits per heavy atom. The summed E-state index contributed by atoms with van der Waals surface area (Å²) >= 11 is 0. The maximum Gasteiger partial charge on any atom is 0.251 e. The molecule has 2 N–H and O–H groups in total. The third-order valence-corrected chi connectivity index (χ3v) is 5.69. The topological polar surface area (TPSA) is 106 Å². The number of aromatic amines is 1. The van der Waals surface area contributed by atoms with Crippen LogP contribution in [0.25, 0.3) is 11.5 Å². The van der Waals surface area contributed by atoms with Crippen LogP contribution < -0.4 is 10.9 Å². The number of aryl methyl sites for hydroxylation is 1. The number of aromatic nitrogens is 5. The van der Waals surface area contributed by atoms with Crippen LogP contribution in [0.2, 0.25) is 0 Å². The highest BCUT2D eigenvalue weighted by Gasteiger charge is 2.19. The van der Waals surface area contributed by atoms with Gasteiger partial charge in [-0.3, -0.25) is 19.3 Å². The minimum atomic E-state index is -0.359. The highest BCUT2D eigenvalue weighted by atomic mass is 16.2. The number of amides is 1. The van der Waals surface area contributed by atoms with Gasteiger partial charge in [-0.2, -0.15) is 5.10 Å². The molecular weight excluding hydrogens is 416 g/mol. The van der Waals surface area contributed by atoms with Crippen molar-refractivity contribution in [1.82, 2.24) is 30.0 Å². The van der Waals surface area contributed by atoms with Crippen LogP contribution in [0.15, 0.2) is 65.6 Å². The largest absolute Gasteiger partial charge is 0.347 e. The summed E-state index contributed by atoms with van der Waals surface area (Å²) in [5.41, 5.74) is 4.77. The Labute approximate surface area is 191 Å². The van der Waals surface area contributed by atoms with Crippen LogP contribution in [0.4, 0.5) is 0 Å². The molecule has 168 valence electrons. The predicted octanol–water partition coefficient (Wildman–Crippen LogP) is 3.05. The van der Waals surface area contributed by atoms with E-state index < -0.39 is 0 Å². The SMILES string of the molecule is Cc1nn(CC(=O)NC(Cc2cc(=O)[nH]c(-c3ccccn3)n2)c2ccccc2)c(C)c1C. The molecule has 8 nitrogen and oxygen atoms in total. The third-order valence-electron chi connectivity index (χ3n) is 5.69. The van der Waals surface area contributed by atoms with E-state index in [1.54, 1.807) is 23.0 Å². The highest BCUT2D eigenvalue weighted by molar-refractivity contribution is 5.76. The molecule has 3 aromatic heterocycles. The third kappa shape index (κ3) is 5.23. The van der Waals surface area contributed by atoms with Crippen LogP contribution in [-0.4, -0.2) is 30.6 Å². The van der Waals surface area contributed by atoms with Crippen molar-refractivity contribution in [2.45, 2.75) is 39.8 Å². The molecule has 0 radical (unpaired) electrons. The van der Waals surface area contributed by atoms with E-state index in [-0.39, 0.29) is 24.1 Å². The second kappa shape index (κ2) is 9.60. The molecule has 0 fully saturated rings. The van der Waals surface area contributed by atoms with Crippen molar-refractivity contribution in [1.29, 1.82) is 0 Å². The summed E-state index contributed by atoms with van der Waals surface area (Å²) in [5.74, 6) is 0.235. The normalized spacial score (nSPS) is 11.8. The first-order chi connectivity index (χ1) is 15.9. The molecule has 0 spiro atoms. The maximum atomic E-state index is 12.9. The van der Waals surface area contributed by atoms with Crippen LogP contribution in [0.1, 0.15) is 34.3 Å². The molecule has 0 aliphatic heterocycles. The van der Waals surface area contributed by atoms with Gasteiger partial charge in [0.1, 0.15) is 12.2 Å². The van der Waals surface area contributed by atoms with Gasteiger partial charge in [0.05, 0.1) is 17.4 Å². The predicted molar refractivity (Wildman–Crippen MR) is 126 cm³/mol. The van der Waals surface area contributed by atoms with Crippen LogP contribution in [0, 0.1) is 20.8 Å². The Kier molecular flexibility index (Phi) is 6.44. The standard InChI is InChI=1S/C25H26N6O2/c1-16-17(2)30-31(18(16)3)15-24(33)28-22(19-9-5-4-6-10-19)13-20-14-23(32)29-25(27-20)21-11-7-8-12-26-21/h4-12,14,22H,13,15H2,1-3H3,(H,28,33)(H,27,29,32). The van der Waals surface area contributed by atoms with E-state index in [9.17, 15) is 9.59 Å². The number of H-pyrrole nitrogens is 1. The van der Waals surface area contributed by atoms with E-state index in [1.165, 1.54) is 6.07 Å². The smallest absolute Gasteiger partial charge is 0.251 e. The Hall–Kier alpha value is -4.07. The van der Waals surface area contributed by atoms with Crippen molar-refractivity contribution in [2.24, 2.45) is 0 Å². The number of nitrogens with one attached hydrogen (secondary N) is 2. The maximum absolute atomic E-state index is 12.9. The Morgan fingerprint density at radius 3 is 2.52 bits per heavy atom. The number of benzene rings is 1. The molecule has 0 aliphatic carbocycles. The van der Waals surface area contributed by atoms with Gasteiger partial charge in [0, 0.05) is 24.4 Å². The van der Waals surface area contributed by atoms with Gasteiger partial charge in [0.2, 0.25) is 5.91 Å². The van der Waals surface area contributed by atoms with E-state index in [0.29, 0.717) is 23.6 Å². The van der Waals surface area contributed by atoms with Gasteiger partial charge < -0.3 is 10.3 Å². The van der Waals surface area contributed by atoms with Crippen molar-refractivity contribution in [3.63, 3.8) is 0 Å². The minimum absolute atomic E-state index is 0.117. The quantitative estimate of drug-likeness (QED) is 0.458. The summed E-state index contributed by atoms with van der Waals surface area (Å²) in [5, 5.41) is 7.56. The van der Waals surface area contributed by atoms with Crippen LogP contribution >= 0.6 is 0 Å². The first-order valence-corrected chi connectivity index (χ1v) is 10.8. The molecule has 4 aromatic rings. The van der Waals surface area contributed by atoms with E-state index in [2.05, 4.69) is 25.4 Å².